The zero-order valence-electron chi connectivity index (χ0n) is 10.7. The number of aromatic nitrogens is 2. The number of nitrogens with zero attached hydrogens (tertiary/aromatic N) is 3. The van der Waals surface area contributed by atoms with Gasteiger partial charge >= 0.3 is 0 Å². The van der Waals surface area contributed by atoms with Crippen molar-refractivity contribution in [2.45, 2.75) is 26.7 Å². The second-order valence-corrected chi connectivity index (χ2v) is 4.57. The summed E-state index contributed by atoms with van der Waals surface area (Å²) in [4.78, 5) is 13.8. The van der Waals surface area contributed by atoms with Gasteiger partial charge in [-0.2, -0.15) is 5.10 Å². The van der Waals surface area contributed by atoms with E-state index in [4.69, 9.17) is 0 Å². The molecule has 4 nitrogen and oxygen atoms in total. The molecule has 0 aliphatic carbocycles. The van der Waals surface area contributed by atoms with E-state index in [0.29, 0.717) is 0 Å². The summed E-state index contributed by atoms with van der Waals surface area (Å²) >= 11 is 0. The standard InChI is InChI=1S/C13H19N3O/c1-10-12(11(2)15(3)14-10)6-7-13(17)16-8-4-5-9-16/h6-7H,4-5,8-9H2,1-3H3/b7-6+. The predicted octanol–water partition coefficient (Wildman–Crippen LogP) is 1.67. The van der Waals surface area contributed by atoms with Crippen LogP contribution in [0.4, 0.5) is 0 Å². The molecule has 0 saturated carbocycles. The molecule has 1 aromatic rings. The highest BCUT2D eigenvalue weighted by molar-refractivity contribution is 5.92. The minimum Gasteiger partial charge on any atom is -0.339 e. The fourth-order valence-corrected chi connectivity index (χ4v) is 2.23. The van der Waals surface area contributed by atoms with E-state index in [0.717, 1.165) is 42.9 Å². The van der Waals surface area contributed by atoms with Crippen LogP contribution in [0.1, 0.15) is 29.8 Å². The van der Waals surface area contributed by atoms with E-state index in [-0.39, 0.29) is 5.91 Å². The average molecular weight is 233 g/mol. The van der Waals surface area contributed by atoms with Gasteiger partial charge in [0.15, 0.2) is 0 Å². The van der Waals surface area contributed by atoms with E-state index in [1.807, 2.05) is 36.6 Å². The van der Waals surface area contributed by atoms with Gasteiger partial charge in [0.1, 0.15) is 0 Å². The second-order valence-electron chi connectivity index (χ2n) is 4.57. The Labute approximate surface area is 102 Å². The molecule has 0 unspecified atom stereocenters. The molecule has 0 atom stereocenters. The lowest BCUT2D eigenvalue weighted by Gasteiger charge is -2.11. The maximum atomic E-state index is 11.9. The molecule has 1 amide bonds. The zero-order chi connectivity index (χ0) is 12.4. The fraction of sp³-hybridized carbons (Fsp3) is 0.538. The topological polar surface area (TPSA) is 38.1 Å². The summed E-state index contributed by atoms with van der Waals surface area (Å²) < 4.78 is 1.84. The molecule has 0 spiro atoms. The molecular weight excluding hydrogens is 214 g/mol. The summed E-state index contributed by atoms with van der Waals surface area (Å²) in [6.07, 6.45) is 5.82. The number of amides is 1. The third-order valence-corrected chi connectivity index (χ3v) is 3.38. The first-order chi connectivity index (χ1) is 8.09. The van der Waals surface area contributed by atoms with E-state index in [1.54, 1.807) is 6.08 Å². The van der Waals surface area contributed by atoms with E-state index in [1.165, 1.54) is 0 Å². The van der Waals surface area contributed by atoms with Gasteiger partial charge in [0.2, 0.25) is 5.91 Å². The van der Waals surface area contributed by atoms with E-state index in [2.05, 4.69) is 5.10 Å². The quantitative estimate of drug-likeness (QED) is 0.729. The number of hydrogen-bond acceptors (Lipinski definition) is 2. The maximum absolute atomic E-state index is 11.9. The fourth-order valence-electron chi connectivity index (χ4n) is 2.23. The maximum Gasteiger partial charge on any atom is 0.246 e. The molecular formula is C13H19N3O. The predicted molar refractivity (Wildman–Crippen MR) is 67.5 cm³/mol. The van der Waals surface area contributed by atoms with Crippen molar-refractivity contribution in [2.24, 2.45) is 7.05 Å². The molecule has 2 heterocycles. The monoisotopic (exact) mass is 233 g/mol. The third-order valence-electron chi connectivity index (χ3n) is 3.38. The molecule has 17 heavy (non-hydrogen) atoms. The number of likely N-dealkylation sites (tertiary alicyclic amines) is 1. The molecule has 2 rings (SSSR count). The van der Waals surface area contributed by atoms with Crippen LogP contribution >= 0.6 is 0 Å². The summed E-state index contributed by atoms with van der Waals surface area (Å²) in [6, 6.07) is 0. The van der Waals surface area contributed by atoms with Crippen LogP contribution in [0.3, 0.4) is 0 Å². The van der Waals surface area contributed by atoms with Crippen LogP contribution in [0.2, 0.25) is 0 Å². The Bertz CT molecular complexity index is 453. The van der Waals surface area contributed by atoms with Gasteiger partial charge in [0.25, 0.3) is 0 Å². The summed E-state index contributed by atoms with van der Waals surface area (Å²) in [6.45, 7) is 5.77. The largest absolute Gasteiger partial charge is 0.339 e. The van der Waals surface area contributed by atoms with Gasteiger partial charge in [-0.1, -0.05) is 0 Å². The van der Waals surface area contributed by atoms with Crippen molar-refractivity contribution in [3.8, 4) is 0 Å². The van der Waals surface area contributed by atoms with E-state index >= 15 is 0 Å². The summed E-state index contributed by atoms with van der Waals surface area (Å²) in [7, 11) is 1.92. The molecule has 1 saturated heterocycles. The Balaban J connectivity index is 2.11. The van der Waals surface area contributed by atoms with Gasteiger partial charge in [-0.3, -0.25) is 9.48 Å². The van der Waals surface area contributed by atoms with Crippen LogP contribution in [0, 0.1) is 13.8 Å². The first kappa shape index (κ1) is 11.9. The van der Waals surface area contributed by atoms with Crippen molar-refractivity contribution >= 4 is 12.0 Å². The second kappa shape index (κ2) is 4.73. The lowest BCUT2D eigenvalue weighted by molar-refractivity contribution is -0.124. The third kappa shape index (κ3) is 2.40. The van der Waals surface area contributed by atoms with E-state index < -0.39 is 0 Å². The smallest absolute Gasteiger partial charge is 0.246 e. The Kier molecular flexibility index (Phi) is 3.31. The van der Waals surface area contributed by atoms with E-state index in [9.17, 15) is 4.79 Å². The lowest BCUT2D eigenvalue weighted by Crippen LogP contribution is -2.25. The lowest BCUT2D eigenvalue weighted by atomic mass is 10.2. The molecule has 4 heteroatoms. The number of carbonyl (C=O) groups excluding carboxylic acids is 1. The number of carbonyl (C=O) groups is 1. The van der Waals surface area contributed by atoms with Gasteiger partial charge in [-0.25, -0.2) is 0 Å². The van der Waals surface area contributed by atoms with Crippen LogP contribution in [0.15, 0.2) is 6.08 Å². The van der Waals surface area contributed by atoms with Crippen molar-refractivity contribution in [3.05, 3.63) is 23.0 Å². The van der Waals surface area contributed by atoms with Crippen LogP contribution in [0.5, 0.6) is 0 Å². The molecule has 1 fully saturated rings. The van der Waals surface area contributed by atoms with Crippen LogP contribution < -0.4 is 0 Å². The number of rotatable bonds is 2. The minimum atomic E-state index is 0.116. The molecule has 0 N–H and O–H groups in total. The van der Waals surface area contributed by atoms with Crippen LogP contribution in [-0.2, 0) is 11.8 Å². The van der Waals surface area contributed by atoms with Gasteiger partial charge in [0.05, 0.1) is 5.69 Å². The number of aryl methyl sites for hydroxylation is 2. The molecule has 92 valence electrons. The van der Waals surface area contributed by atoms with Crippen molar-refractivity contribution in [1.29, 1.82) is 0 Å². The molecule has 0 radical (unpaired) electrons. The molecule has 1 aromatic heterocycles. The Hall–Kier alpha value is -1.58. The molecule has 1 aliphatic heterocycles. The molecule has 1 aliphatic rings. The van der Waals surface area contributed by atoms with Gasteiger partial charge in [0, 0.05) is 37.5 Å². The summed E-state index contributed by atoms with van der Waals surface area (Å²) in [5.74, 6) is 0.116. The first-order valence-electron chi connectivity index (χ1n) is 6.07. The van der Waals surface area contributed by atoms with Gasteiger partial charge in [-0.15, -0.1) is 0 Å². The normalized spacial score (nSPS) is 16.1. The molecule has 0 aromatic carbocycles. The van der Waals surface area contributed by atoms with Crippen LogP contribution in [0.25, 0.3) is 6.08 Å². The first-order valence-corrected chi connectivity index (χ1v) is 6.07. The van der Waals surface area contributed by atoms with Crippen molar-refractivity contribution < 1.29 is 4.79 Å². The zero-order valence-corrected chi connectivity index (χ0v) is 10.7. The van der Waals surface area contributed by atoms with Crippen molar-refractivity contribution in [2.75, 3.05) is 13.1 Å². The summed E-state index contributed by atoms with van der Waals surface area (Å²) in [5, 5.41) is 4.33. The SMILES string of the molecule is Cc1nn(C)c(C)c1/C=C/C(=O)N1CCCC1. The van der Waals surface area contributed by atoms with Gasteiger partial charge < -0.3 is 4.90 Å². The Morgan fingerprint density at radius 3 is 2.47 bits per heavy atom. The number of hydrogen-bond donors (Lipinski definition) is 0. The average Bonchev–Trinajstić information content (AvgIpc) is 2.88. The highest BCUT2D eigenvalue weighted by atomic mass is 16.2. The highest BCUT2D eigenvalue weighted by Crippen LogP contribution is 2.14. The Morgan fingerprint density at radius 2 is 1.94 bits per heavy atom. The summed E-state index contributed by atoms with van der Waals surface area (Å²) in [5.41, 5.74) is 3.11. The Morgan fingerprint density at radius 1 is 1.29 bits per heavy atom. The van der Waals surface area contributed by atoms with Gasteiger partial charge in [-0.05, 0) is 32.8 Å². The minimum absolute atomic E-state index is 0.116. The highest BCUT2D eigenvalue weighted by Gasteiger charge is 2.15. The van der Waals surface area contributed by atoms with Crippen molar-refractivity contribution in [1.82, 2.24) is 14.7 Å². The molecule has 0 bridgehead atoms. The van der Waals surface area contributed by atoms with Crippen LogP contribution in [-0.4, -0.2) is 33.7 Å². The van der Waals surface area contributed by atoms with Crippen molar-refractivity contribution in [3.63, 3.8) is 0 Å².